The van der Waals surface area contributed by atoms with Crippen molar-refractivity contribution in [1.29, 1.82) is 0 Å². The van der Waals surface area contributed by atoms with E-state index in [4.69, 9.17) is 9.47 Å². The monoisotopic (exact) mass is 407 g/mol. The molecular formula is C23H36O4P. The average Bonchev–Trinajstić information content (AvgIpc) is 2.75. The summed E-state index contributed by atoms with van der Waals surface area (Å²) in [6.07, 6.45) is 9.48. The molecule has 1 saturated carbocycles. The molecular weight excluding hydrogens is 371 g/mol. The fourth-order valence-corrected chi connectivity index (χ4v) is 6.77. The van der Waals surface area contributed by atoms with Gasteiger partial charge in [0.15, 0.2) is 5.78 Å². The van der Waals surface area contributed by atoms with E-state index in [1.165, 1.54) is 0 Å². The van der Waals surface area contributed by atoms with Crippen molar-refractivity contribution in [1.82, 2.24) is 0 Å². The van der Waals surface area contributed by atoms with Gasteiger partial charge in [-0.1, -0.05) is 58.4 Å². The SMILES string of the molecule is CCCCC(CC)C[P](=O)C1(C(=O)c2c(OC)cccc2OC)CCCCC1. The average molecular weight is 408 g/mol. The number of ketones is 1. The molecule has 0 saturated heterocycles. The maximum absolute atomic E-state index is 13.9. The van der Waals surface area contributed by atoms with Crippen molar-refractivity contribution >= 4 is 13.6 Å². The number of carbonyl (C=O) groups is 1. The van der Waals surface area contributed by atoms with Crippen LogP contribution in [-0.2, 0) is 4.57 Å². The molecule has 2 atom stereocenters. The zero-order valence-corrected chi connectivity index (χ0v) is 18.9. The highest BCUT2D eigenvalue weighted by atomic mass is 31.1. The van der Waals surface area contributed by atoms with Crippen molar-refractivity contribution < 1.29 is 18.8 Å². The van der Waals surface area contributed by atoms with E-state index in [2.05, 4.69) is 13.8 Å². The minimum absolute atomic E-state index is 0.0482. The lowest BCUT2D eigenvalue weighted by atomic mass is 9.82. The van der Waals surface area contributed by atoms with Crippen LogP contribution in [0, 0.1) is 5.92 Å². The van der Waals surface area contributed by atoms with Crippen LogP contribution >= 0.6 is 7.80 Å². The number of benzene rings is 1. The highest BCUT2D eigenvalue weighted by molar-refractivity contribution is 7.48. The summed E-state index contributed by atoms with van der Waals surface area (Å²) in [6.45, 7) is 4.36. The molecule has 157 valence electrons. The van der Waals surface area contributed by atoms with Crippen molar-refractivity contribution in [2.75, 3.05) is 20.4 Å². The van der Waals surface area contributed by atoms with E-state index in [0.717, 1.165) is 44.9 Å². The van der Waals surface area contributed by atoms with E-state index >= 15 is 0 Å². The van der Waals surface area contributed by atoms with Crippen LogP contribution in [0.5, 0.6) is 11.5 Å². The molecule has 1 aromatic carbocycles. The molecule has 28 heavy (non-hydrogen) atoms. The van der Waals surface area contributed by atoms with Gasteiger partial charge in [-0.15, -0.1) is 0 Å². The molecule has 2 rings (SSSR count). The molecule has 5 heteroatoms. The summed E-state index contributed by atoms with van der Waals surface area (Å²) in [5, 5.41) is -0.783. The molecule has 1 radical (unpaired) electrons. The largest absolute Gasteiger partial charge is 0.496 e. The predicted molar refractivity (Wildman–Crippen MR) is 115 cm³/mol. The van der Waals surface area contributed by atoms with Gasteiger partial charge >= 0.3 is 0 Å². The lowest BCUT2D eigenvalue weighted by Gasteiger charge is -2.36. The summed E-state index contributed by atoms with van der Waals surface area (Å²) in [7, 11) is 1.48. The van der Waals surface area contributed by atoms with Crippen LogP contribution in [0.3, 0.4) is 0 Å². The van der Waals surface area contributed by atoms with E-state index in [0.29, 0.717) is 42.0 Å². The third-order valence-corrected chi connectivity index (χ3v) is 8.66. The number of Topliss-reactive ketones (excluding diaryl/α,β-unsaturated/α-hetero) is 1. The summed E-state index contributed by atoms with van der Waals surface area (Å²) in [6, 6.07) is 5.39. The first-order chi connectivity index (χ1) is 13.5. The molecule has 1 fully saturated rings. The van der Waals surface area contributed by atoms with Gasteiger partial charge in [-0.25, -0.2) is 0 Å². The second kappa shape index (κ2) is 11.0. The van der Waals surface area contributed by atoms with Gasteiger partial charge in [-0.05, 0) is 37.3 Å². The van der Waals surface area contributed by atoms with Crippen molar-refractivity contribution in [3.63, 3.8) is 0 Å². The van der Waals surface area contributed by atoms with Crippen LogP contribution in [-0.4, -0.2) is 31.3 Å². The lowest BCUT2D eigenvalue weighted by molar-refractivity contribution is 0.0906. The van der Waals surface area contributed by atoms with E-state index in [1.807, 2.05) is 6.07 Å². The van der Waals surface area contributed by atoms with Crippen LogP contribution in [0.25, 0.3) is 0 Å². The molecule has 1 aromatic rings. The van der Waals surface area contributed by atoms with Gasteiger partial charge in [0, 0.05) is 6.16 Å². The molecule has 1 aliphatic carbocycles. The number of hydrogen-bond donors (Lipinski definition) is 0. The van der Waals surface area contributed by atoms with Crippen LogP contribution < -0.4 is 9.47 Å². The Hall–Kier alpha value is -1.41. The van der Waals surface area contributed by atoms with Gasteiger partial charge in [-0.3, -0.25) is 9.36 Å². The molecule has 0 aliphatic heterocycles. The number of carbonyl (C=O) groups excluding carboxylic acids is 1. The fraction of sp³-hybridized carbons (Fsp3) is 0.696. The molecule has 1 aliphatic rings. The Bertz CT molecular complexity index is 642. The highest BCUT2D eigenvalue weighted by Crippen LogP contribution is 2.53. The van der Waals surface area contributed by atoms with E-state index < -0.39 is 13.0 Å². The number of ether oxygens (including phenoxy) is 2. The molecule has 4 nitrogen and oxygen atoms in total. The number of hydrogen-bond acceptors (Lipinski definition) is 4. The zero-order valence-electron chi connectivity index (χ0n) is 18.0. The Morgan fingerprint density at radius 3 is 2.21 bits per heavy atom. The van der Waals surface area contributed by atoms with Crippen LogP contribution in [0.2, 0.25) is 0 Å². The number of unbranched alkanes of at least 4 members (excludes halogenated alkanes) is 1. The first-order valence-corrected chi connectivity index (χ1v) is 12.2. The molecule has 0 spiro atoms. The quantitative estimate of drug-likeness (QED) is 0.305. The first-order valence-electron chi connectivity index (χ1n) is 10.7. The van der Waals surface area contributed by atoms with Gasteiger partial charge in [0.2, 0.25) is 0 Å². The van der Waals surface area contributed by atoms with Crippen LogP contribution in [0.1, 0.15) is 82.0 Å². The second-order valence-corrected chi connectivity index (χ2v) is 9.91. The molecule has 2 unspecified atom stereocenters. The lowest BCUT2D eigenvalue weighted by Crippen LogP contribution is -2.38. The van der Waals surface area contributed by atoms with Crippen LogP contribution in [0.15, 0.2) is 18.2 Å². The number of methoxy groups -OCH3 is 2. The Morgan fingerprint density at radius 1 is 1.11 bits per heavy atom. The normalized spacial score (nSPS) is 17.6. The maximum Gasteiger partial charge on any atom is 0.187 e. The molecule has 0 N–H and O–H groups in total. The summed E-state index contributed by atoms with van der Waals surface area (Å²) in [5.41, 5.74) is 0.458. The van der Waals surface area contributed by atoms with Gasteiger partial charge in [0.05, 0.1) is 22.0 Å². The summed E-state index contributed by atoms with van der Waals surface area (Å²) in [5.74, 6) is 1.40. The number of rotatable bonds is 11. The molecule has 0 amide bonds. The topological polar surface area (TPSA) is 52.6 Å². The first kappa shape index (κ1) is 22.9. The molecule has 0 bridgehead atoms. The third-order valence-electron chi connectivity index (χ3n) is 6.20. The van der Waals surface area contributed by atoms with Gasteiger partial charge < -0.3 is 9.47 Å². The Morgan fingerprint density at radius 2 is 1.71 bits per heavy atom. The Labute approximate surface area is 171 Å². The van der Waals surface area contributed by atoms with E-state index in [1.54, 1.807) is 26.4 Å². The molecule has 0 aromatic heterocycles. The van der Waals surface area contributed by atoms with Crippen molar-refractivity contribution in [2.24, 2.45) is 5.92 Å². The summed E-state index contributed by atoms with van der Waals surface area (Å²) in [4.78, 5) is 13.9. The minimum atomic E-state index is -1.65. The van der Waals surface area contributed by atoms with Crippen molar-refractivity contribution in [3.8, 4) is 11.5 Å². The predicted octanol–water partition coefficient (Wildman–Crippen LogP) is 6.63. The smallest absolute Gasteiger partial charge is 0.187 e. The maximum atomic E-state index is 13.9. The van der Waals surface area contributed by atoms with E-state index in [-0.39, 0.29) is 5.78 Å². The van der Waals surface area contributed by atoms with Gasteiger partial charge in [-0.2, -0.15) is 0 Å². The van der Waals surface area contributed by atoms with Gasteiger partial charge in [0.25, 0.3) is 0 Å². The Balaban J connectivity index is 2.40. The standard InChI is InChI=1S/C23H36O4P/c1-5-7-12-18(6-2)17-28(25)23(15-9-8-10-16-23)22(24)21-19(26-3)13-11-14-20(21)27-4/h11,13-14,18H,5-10,12,15-17H2,1-4H3. The second-order valence-electron chi connectivity index (χ2n) is 7.94. The Kier molecular flexibility index (Phi) is 8.95. The fourth-order valence-electron chi connectivity index (χ4n) is 4.36. The van der Waals surface area contributed by atoms with Crippen molar-refractivity contribution in [2.45, 2.75) is 76.8 Å². The van der Waals surface area contributed by atoms with Crippen molar-refractivity contribution in [3.05, 3.63) is 23.8 Å². The van der Waals surface area contributed by atoms with Crippen LogP contribution in [0.4, 0.5) is 0 Å². The minimum Gasteiger partial charge on any atom is -0.496 e. The zero-order chi connectivity index (χ0) is 20.6. The summed E-state index contributed by atoms with van der Waals surface area (Å²) >= 11 is 0. The summed E-state index contributed by atoms with van der Waals surface area (Å²) < 4.78 is 24.7. The molecule has 0 heterocycles. The van der Waals surface area contributed by atoms with E-state index in [9.17, 15) is 9.36 Å². The van der Waals surface area contributed by atoms with Gasteiger partial charge in [0.1, 0.15) is 22.2 Å². The third kappa shape index (κ3) is 4.95. The highest BCUT2D eigenvalue weighted by Gasteiger charge is 2.47.